The quantitative estimate of drug-likeness (QED) is 0.495. The lowest BCUT2D eigenvalue weighted by atomic mass is 9.98. The maximum Gasteiger partial charge on any atom is 0.407 e. The van der Waals surface area contributed by atoms with Crippen LogP contribution in [0.4, 0.5) is 4.79 Å². The monoisotopic (exact) mass is 475 g/mol. The predicted molar refractivity (Wildman–Crippen MR) is 135 cm³/mol. The number of amides is 2. The molecule has 1 aromatic carbocycles. The zero-order valence-corrected chi connectivity index (χ0v) is 21.1. The van der Waals surface area contributed by atoms with Crippen molar-refractivity contribution >= 4 is 12.0 Å². The highest BCUT2D eigenvalue weighted by Gasteiger charge is 2.25. The Balaban J connectivity index is 1.43. The van der Waals surface area contributed by atoms with Gasteiger partial charge < -0.3 is 15.0 Å². The molecular weight excluding hydrogens is 442 g/mol. The SMILES string of the molecule is Cc1ccc(-c2cnn(CCCCNC(=O)OC(C)(C)C)c2)c(-c2ccc3c(c2)C(=O)N(C)C3)n1. The number of nitrogens with one attached hydrogen (secondary N) is 1. The maximum atomic E-state index is 12.5. The number of alkyl carbamates (subject to hydrolysis) is 1. The van der Waals surface area contributed by atoms with Crippen LogP contribution in [-0.2, 0) is 17.8 Å². The summed E-state index contributed by atoms with van der Waals surface area (Å²) >= 11 is 0. The third-order valence-electron chi connectivity index (χ3n) is 5.83. The van der Waals surface area contributed by atoms with E-state index in [-0.39, 0.29) is 5.91 Å². The number of rotatable bonds is 7. The number of pyridine rings is 1. The van der Waals surface area contributed by atoms with Crippen LogP contribution in [0.25, 0.3) is 22.4 Å². The Morgan fingerprint density at radius 3 is 2.69 bits per heavy atom. The molecule has 0 saturated carbocycles. The van der Waals surface area contributed by atoms with Crippen LogP contribution >= 0.6 is 0 Å². The van der Waals surface area contributed by atoms with Crippen molar-refractivity contribution in [3.8, 4) is 22.4 Å². The Bertz CT molecular complexity index is 1240. The minimum atomic E-state index is -0.495. The number of aryl methyl sites for hydroxylation is 2. The first-order valence-corrected chi connectivity index (χ1v) is 12.0. The minimum Gasteiger partial charge on any atom is -0.444 e. The molecule has 2 amide bonds. The molecule has 0 atom stereocenters. The van der Waals surface area contributed by atoms with E-state index in [1.54, 1.807) is 4.90 Å². The molecule has 2 aromatic heterocycles. The number of fused-ring (bicyclic) bond motifs is 1. The number of nitrogens with zero attached hydrogens (tertiary/aromatic N) is 4. The fourth-order valence-corrected chi connectivity index (χ4v) is 4.13. The first-order valence-electron chi connectivity index (χ1n) is 12.0. The van der Waals surface area contributed by atoms with Gasteiger partial charge in [-0.05, 0) is 58.2 Å². The fraction of sp³-hybridized carbons (Fsp3) is 0.407. The van der Waals surface area contributed by atoms with Gasteiger partial charge in [0.2, 0.25) is 0 Å². The smallest absolute Gasteiger partial charge is 0.407 e. The molecule has 0 aliphatic carbocycles. The third kappa shape index (κ3) is 5.88. The zero-order valence-electron chi connectivity index (χ0n) is 21.1. The van der Waals surface area contributed by atoms with Crippen LogP contribution in [0.2, 0.25) is 0 Å². The lowest BCUT2D eigenvalue weighted by Gasteiger charge is -2.19. The van der Waals surface area contributed by atoms with Crippen LogP contribution in [0.15, 0.2) is 42.7 Å². The van der Waals surface area contributed by atoms with Crippen LogP contribution in [0.3, 0.4) is 0 Å². The number of carbonyl (C=O) groups is 2. The van der Waals surface area contributed by atoms with Gasteiger partial charge in [0.25, 0.3) is 5.91 Å². The minimum absolute atomic E-state index is 0.0463. The van der Waals surface area contributed by atoms with Gasteiger partial charge in [-0.1, -0.05) is 18.2 Å². The maximum absolute atomic E-state index is 12.5. The molecule has 0 spiro atoms. The van der Waals surface area contributed by atoms with Crippen molar-refractivity contribution in [2.45, 2.75) is 59.2 Å². The van der Waals surface area contributed by atoms with Gasteiger partial charge in [-0.2, -0.15) is 5.10 Å². The second kappa shape index (κ2) is 9.90. The van der Waals surface area contributed by atoms with Crippen molar-refractivity contribution < 1.29 is 14.3 Å². The van der Waals surface area contributed by atoms with Gasteiger partial charge in [0, 0.05) is 60.8 Å². The summed E-state index contributed by atoms with van der Waals surface area (Å²) in [5, 5.41) is 7.31. The van der Waals surface area contributed by atoms with Gasteiger partial charge in [0.1, 0.15) is 5.60 Å². The highest BCUT2D eigenvalue weighted by atomic mass is 16.6. The van der Waals surface area contributed by atoms with E-state index in [2.05, 4.69) is 16.5 Å². The van der Waals surface area contributed by atoms with E-state index in [0.717, 1.165) is 58.6 Å². The van der Waals surface area contributed by atoms with Gasteiger partial charge in [0.15, 0.2) is 0 Å². The van der Waals surface area contributed by atoms with Crippen molar-refractivity contribution in [2.75, 3.05) is 13.6 Å². The van der Waals surface area contributed by atoms with Gasteiger partial charge in [-0.25, -0.2) is 4.79 Å². The molecule has 1 aliphatic heterocycles. The number of benzene rings is 1. The molecule has 1 aliphatic rings. The average molecular weight is 476 g/mol. The third-order valence-corrected chi connectivity index (χ3v) is 5.83. The lowest BCUT2D eigenvalue weighted by molar-refractivity contribution is 0.0526. The van der Waals surface area contributed by atoms with Crippen molar-refractivity contribution in [2.24, 2.45) is 0 Å². The first kappa shape index (κ1) is 24.4. The average Bonchev–Trinajstić information content (AvgIpc) is 3.36. The van der Waals surface area contributed by atoms with E-state index < -0.39 is 11.7 Å². The zero-order chi connectivity index (χ0) is 25.2. The van der Waals surface area contributed by atoms with E-state index in [1.165, 1.54) is 0 Å². The normalized spacial score (nSPS) is 13.2. The molecular formula is C27H33N5O3. The topological polar surface area (TPSA) is 89.3 Å². The Morgan fingerprint density at radius 2 is 1.91 bits per heavy atom. The highest BCUT2D eigenvalue weighted by Crippen LogP contribution is 2.33. The van der Waals surface area contributed by atoms with Gasteiger partial charge in [0.05, 0.1) is 11.9 Å². The van der Waals surface area contributed by atoms with Gasteiger partial charge >= 0.3 is 6.09 Å². The Hall–Kier alpha value is -3.68. The van der Waals surface area contributed by atoms with Crippen molar-refractivity contribution in [1.29, 1.82) is 0 Å². The van der Waals surface area contributed by atoms with Crippen molar-refractivity contribution in [1.82, 2.24) is 25.0 Å². The molecule has 0 saturated heterocycles. The fourth-order valence-electron chi connectivity index (χ4n) is 4.13. The first-order chi connectivity index (χ1) is 16.6. The highest BCUT2D eigenvalue weighted by molar-refractivity contribution is 5.99. The molecule has 1 N–H and O–H groups in total. The summed E-state index contributed by atoms with van der Waals surface area (Å²) in [7, 11) is 1.82. The summed E-state index contributed by atoms with van der Waals surface area (Å²) < 4.78 is 7.16. The Kier molecular flexibility index (Phi) is 6.91. The van der Waals surface area contributed by atoms with Crippen LogP contribution in [0.5, 0.6) is 0 Å². The summed E-state index contributed by atoms with van der Waals surface area (Å²) in [4.78, 5) is 30.8. The Morgan fingerprint density at radius 1 is 1.11 bits per heavy atom. The molecule has 35 heavy (non-hydrogen) atoms. The molecule has 3 heterocycles. The van der Waals surface area contributed by atoms with E-state index in [4.69, 9.17) is 9.72 Å². The summed E-state index contributed by atoms with van der Waals surface area (Å²) in [6.07, 6.45) is 5.17. The lowest BCUT2D eigenvalue weighted by Crippen LogP contribution is -2.33. The molecule has 0 fully saturated rings. The van der Waals surface area contributed by atoms with Crippen LogP contribution in [0.1, 0.15) is 55.2 Å². The standard InChI is InChI=1S/C27H33N5O3/c1-18-8-11-22(24(30-18)19-9-10-20-16-31(5)25(33)23(20)14-19)21-15-29-32(17-21)13-7-6-12-28-26(34)35-27(2,3)4/h8-11,14-15,17H,6-7,12-13,16H2,1-5H3,(H,28,34). The molecule has 184 valence electrons. The van der Waals surface area contributed by atoms with E-state index >= 15 is 0 Å². The van der Waals surface area contributed by atoms with Gasteiger partial charge in [-0.15, -0.1) is 0 Å². The molecule has 0 bridgehead atoms. The van der Waals surface area contributed by atoms with Crippen LogP contribution in [-0.4, -0.2) is 50.9 Å². The molecule has 3 aromatic rings. The van der Waals surface area contributed by atoms with Crippen LogP contribution < -0.4 is 5.32 Å². The summed E-state index contributed by atoms with van der Waals surface area (Å²) in [6, 6.07) is 10.1. The van der Waals surface area contributed by atoms with E-state index in [9.17, 15) is 9.59 Å². The number of unbranched alkanes of at least 4 members (excludes halogenated alkanes) is 1. The molecule has 8 nitrogen and oxygen atoms in total. The molecule has 8 heteroatoms. The number of aromatic nitrogens is 3. The predicted octanol–water partition coefficient (Wildman–Crippen LogP) is 4.81. The van der Waals surface area contributed by atoms with E-state index in [0.29, 0.717) is 13.1 Å². The second-order valence-corrected chi connectivity index (χ2v) is 10.0. The van der Waals surface area contributed by atoms with E-state index in [1.807, 2.05) is 76.1 Å². The summed E-state index contributed by atoms with van der Waals surface area (Å²) in [5.74, 6) is 0.0463. The summed E-state index contributed by atoms with van der Waals surface area (Å²) in [5.41, 5.74) is 5.93. The number of hydrogen-bond donors (Lipinski definition) is 1. The number of carbonyl (C=O) groups excluding carboxylic acids is 2. The largest absolute Gasteiger partial charge is 0.444 e. The number of hydrogen-bond acceptors (Lipinski definition) is 5. The molecule has 0 unspecified atom stereocenters. The number of ether oxygens (including phenoxy) is 1. The molecule has 4 rings (SSSR count). The van der Waals surface area contributed by atoms with Crippen LogP contribution in [0, 0.1) is 6.92 Å². The molecule has 0 radical (unpaired) electrons. The second-order valence-electron chi connectivity index (χ2n) is 10.0. The van der Waals surface area contributed by atoms with Crippen molar-refractivity contribution in [3.05, 3.63) is 59.5 Å². The van der Waals surface area contributed by atoms with Crippen molar-refractivity contribution in [3.63, 3.8) is 0 Å². The summed E-state index contributed by atoms with van der Waals surface area (Å²) in [6.45, 7) is 9.44. The van der Waals surface area contributed by atoms with Gasteiger partial charge in [-0.3, -0.25) is 14.5 Å². The Labute approximate surface area is 206 Å².